The maximum absolute atomic E-state index is 11.3. The largest absolute Gasteiger partial charge is 0.496 e. The standard InChI is InChI=1S/C26H26ClNO5/c1-32-25-14-22(10-11-23(25)26(30)31)33-21-9-5-16-4-8-20(12-18(16)13-21)28-15-24(29)17-2-6-19(27)7-3-17/h2-3,5-7,9-11,13-14,20,24,28-29H,4,8,12,15H2,1H3,(H,30,31)/t20-,24+/m0/s1. The summed E-state index contributed by atoms with van der Waals surface area (Å²) >= 11 is 5.92. The van der Waals surface area contributed by atoms with Crippen molar-refractivity contribution >= 4 is 17.6 Å². The Morgan fingerprint density at radius 3 is 2.55 bits per heavy atom. The van der Waals surface area contributed by atoms with Gasteiger partial charge in [-0.2, -0.15) is 0 Å². The molecule has 2 atom stereocenters. The van der Waals surface area contributed by atoms with Crippen LogP contribution in [0.25, 0.3) is 0 Å². The molecule has 0 fully saturated rings. The number of carboxylic acid groups (broad SMARTS) is 1. The Balaban J connectivity index is 1.40. The molecule has 3 aromatic carbocycles. The number of halogens is 1. The van der Waals surface area contributed by atoms with E-state index in [0.29, 0.717) is 23.1 Å². The van der Waals surface area contributed by atoms with Crippen molar-refractivity contribution in [3.05, 3.63) is 87.9 Å². The summed E-state index contributed by atoms with van der Waals surface area (Å²) in [6.07, 6.45) is 2.18. The zero-order valence-corrected chi connectivity index (χ0v) is 19.0. The van der Waals surface area contributed by atoms with Crippen molar-refractivity contribution in [3.8, 4) is 17.2 Å². The van der Waals surface area contributed by atoms with Crippen LogP contribution in [0.1, 0.15) is 39.6 Å². The fourth-order valence-corrected chi connectivity index (χ4v) is 4.23. The molecule has 3 N–H and O–H groups in total. The summed E-state index contributed by atoms with van der Waals surface area (Å²) in [4.78, 5) is 11.3. The van der Waals surface area contributed by atoms with Crippen molar-refractivity contribution in [1.29, 1.82) is 0 Å². The molecule has 1 aliphatic carbocycles. The summed E-state index contributed by atoms with van der Waals surface area (Å²) in [5.74, 6) is 0.391. The molecule has 0 aromatic heterocycles. The second-order valence-electron chi connectivity index (χ2n) is 8.12. The number of rotatable bonds is 8. The maximum Gasteiger partial charge on any atom is 0.339 e. The van der Waals surface area contributed by atoms with E-state index in [4.69, 9.17) is 21.1 Å². The average Bonchev–Trinajstić information content (AvgIpc) is 2.82. The minimum absolute atomic E-state index is 0.0880. The quantitative estimate of drug-likeness (QED) is 0.431. The second-order valence-corrected chi connectivity index (χ2v) is 8.55. The van der Waals surface area contributed by atoms with E-state index in [1.165, 1.54) is 24.3 Å². The van der Waals surface area contributed by atoms with E-state index >= 15 is 0 Å². The lowest BCUT2D eigenvalue weighted by Gasteiger charge is -2.27. The van der Waals surface area contributed by atoms with Gasteiger partial charge in [-0.15, -0.1) is 0 Å². The Bertz CT molecular complexity index is 1130. The van der Waals surface area contributed by atoms with Crippen molar-refractivity contribution < 1.29 is 24.5 Å². The minimum atomic E-state index is -1.05. The number of ether oxygens (including phenoxy) is 2. The van der Waals surface area contributed by atoms with Gasteiger partial charge in [-0.3, -0.25) is 0 Å². The number of methoxy groups -OCH3 is 1. The van der Waals surface area contributed by atoms with Crippen molar-refractivity contribution in [1.82, 2.24) is 5.32 Å². The molecule has 3 aromatic rings. The third-order valence-electron chi connectivity index (χ3n) is 5.90. The van der Waals surface area contributed by atoms with Crippen LogP contribution in [0.15, 0.2) is 60.7 Å². The van der Waals surface area contributed by atoms with Crippen LogP contribution in [0.2, 0.25) is 5.02 Å². The van der Waals surface area contributed by atoms with Crippen molar-refractivity contribution in [2.45, 2.75) is 31.4 Å². The molecule has 6 nitrogen and oxygen atoms in total. The highest BCUT2D eigenvalue weighted by Crippen LogP contribution is 2.31. The molecule has 0 radical (unpaired) electrons. The smallest absolute Gasteiger partial charge is 0.339 e. The van der Waals surface area contributed by atoms with E-state index in [1.54, 1.807) is 24.3 Å². The SMILES string of the molecule is COc1cc(Oc2ccc3c(c2)C[C@@H](NC[C@@H](O)c2ccc(Cl)cc2)CC3)ccc1C(=O)O. The maximum atomic E-state index is 11.3. The first-order valence-electron chi connectivity index (χ1n) is 10.8. The molecule has 33 heavy (non-hydrogen) atoms. The summed E-state index contributed by atoms with van der Waals surface area (Å²) in [6, 6.07) is 18.2. The van der Waals surface area contributed by atoms with E-state index in [9.17, 15) is 15.0 Å². The Hall–Kier alpha value is -3.06. The monoisotopic (exact) mass is 467 g/mol. The molecule has 0 spiro atoms. The van der Waals surface area contributed by atoms with Gasteiger partial charge in [0.1, 0.15) is 22.8 Å². The molecule has 0 bridgehead atoms. The summed E-state index contributed by atoms with van der Waals surface area (Å²) in [7, 11) is 1.43. The van der Waals surface area contributed by atoms with E-state index in [0.717, 1.165) is 24.8 Å². The molecule has 0 unspecified atom stereocenters. The topological polar surface area (TPSA) is 88.0 Å². The van der Waals surface area contributed by atoms with Gasteiger partial charge < -0.3 is 25.0 Å². The van der Waals surface area contributed by atoms with Crippen molar-refractivity contribution in [2.75, 3.05) is 13.7 Å². The Labute approximate surface area is 197 Å². The molecule has 0 aliphatic heterocycles. The number of nitrogens with one attached hydrogen (secondary N) is 1. The van der Waals surface area contributed by atoms with Crippen LogP contribution in [-0.2, 0) is 12.8 Å². The van der Waals surface area contributed by atoms with Gasteiger partial charge in [0.05, 0.1) is 13.2 Å². The van der Waals surface area contributed by atoms with Crippen LogP contribution in [0, 0.1) is 0 Å². The van der Waals surface area contributed by atoms with E-state index in [1.807, 2.05) is 24.3 Å². The number of hydrogen-bond acceptors (Lipinski definition) is 5. The van der Waals surface area contributed by atoms with E-state index in [-0.39, 0.29) is 17.4 Å². The number of aromatic carboxylic acids is 1. The van der Waals surface area contributed by atoms with Crippen molar-refractivity contribution in [3.63, 3.8) is 0 Å². The van der Waals surface area contributed by atoms with Gasteiger partial charge in [-0.05, 0) is 72.4 Å². The number of fused-ring (bicyclic) bond motifs is 1. The van der Waals surface area contributed by atoms with Gasteiger partial charge in [-0.25, -0.2) is 4.79 Å². The summed E-state index contributed by atoms with van der Waals surface area (Å²) < 4.78 is 11.2. The van der Waals surface area contributed by atoms with Crippen LogP contribution in [0.3, 0.4) is 0 Å². The highest BCUT2D eigenvalue weighted by molar-refractivity contribution is 6.30. The number of aliphatic hydroxyl groups is 1. The molecule has 4 rings (SSSR count). The molecular weight excluding hydrogens is 442 g/mol. The number of benzene rings is 3. The molecule has 7 heteroatoms. The van der Waals surface area contributed by atoms with Gasteiger partial charge >= 0.3 is 5.97 Å². The van der Waals surface area contributed by atoms with Crippen LogP contribution in [-0.4, -0.2) is 35.9 Å². The first-order valence-corrected chi connectivity index (χ1v) is 11.2. The van der Waals surface area contributed by atoms with E-state index < -0.39 is 12.1 Å². The third-order valence-corrected chi connectivity index (χ3v) is 6.15. The van der Waals surface area contributed by atoms with Gasteiger partial charge in [0.15, 0.2) is 0 Å². The number of hydrogen-bond donors (Lipinski definition) is 3. The molecule has 172 valence electrons. The minimum Gasteiger partial charge on any atom is -0.496 e. The van der Waals surface area contributed by atoms with Gasteiger partial charge in [0.2, 0.25) is 0 Å². The number of carboxylic acids is 1. The lowest BCUT2D eigenvalue weighted by Crippen LogP contribution is -2.37. The molecule has 0 saturated carbocycles. The second kappa shape index (κ2) is 10.3. The fourth-order valence-electron chi connectivity index (χ4n) is 4.10. The van der Waals surface area contributed by atoms with Crippen LogP contribution >= 0.6 is 11.6 Å². The fraction of sp³-hybridized carbons (Fsp3) is 0.269. The number of aryl methyl sites for hydroxylation is 1. The highest BCUT2D eigenvalue weighted by Gasteiger charge is 2.20. The Kier molecular flexibility index (Phi) is 7.18. The molecule has 0 saturated heterocycles. The average molecular weight is 468 g/mol. The Morgan fingerprint density at radius 2 is 1.82 bits per heavy atom. The van der Waals surface area contributed by atoms with Gasteiger partial charge in [-0.1, -0.05) is 29.8 Å². The summed E-state index contributed by atoms with van der Waals surface area (Å²) in [5.41, 5.74) is 3.41. The predicted molar refractivity (Wildman–Crippen MR) is 127 cm³/mol. The lowest BCUT2D eigenvalue weighted by molar-refractivity contribution is 0.0693. The van der Waals surface area contributed by atoms with Crippen molar-refractivity contribution in [2.24, 2.45) is 0 Å². The summed E-state index contributed by atoms with van der Waals surface area (Å²) in [5, 5.41) is 23.8. The molecular formula is C26H26ClNO5. The number of aliphatic hydroxyl groups excluding tert-OH is 1. The molecule has 0 amide bonds. The first kappa shape index (κ1) is 23.1. The Morgan fingerprint density at radius 1 is 1.09 bits per heavy atom. The summed E-state index contributed by atoms with van der Waals surface area (Å²) in [6.45, 7) is 0.466. The van der Waals surface area contributed by atoms with Gasteiger partial charge in [0, 0.05) is 23.7 Å². The predicted octanol–water partition coefficient (Wildman–Crippen LogP) is 5.02. The van der Waals surface area contributed by atoms with Crippen LogP contribution < -0.4 is 14.8 Å². The zero-order valence-electron chi connectivity index (χ0n) is 18.3. The van der Waals surface area contributed by atoms with Crippen LogP contribution in [0.5, 0.6) is 17.2 Å². The molecule has 1 aliphatic rings. The van der Waals surface area contributed by atoms with Crippen LogP contribution in [0.4, 0.5) is 0 Å². The number of carbonyl (C=O) groups is 1. The zero-order chi connectivity index (χ0) is 23.4. The lowest BCUT2D eigenvalue weighted by atomic mass is 9.88. The highest BCUT2D eigenvalue weighted by atomic mass is 35.5. The molecule has 0 heterocycles. The normalized spacial score (nSPS) is 16.0. The van der Waals surface area contributed by atoms with E-state index in [2.05, 4.69) is 11.4 Å². The third kappa shape index (κ3) is 5.66. The van der Waals surface area contributed by atoms with Gasteiger partial charge in [0.25, 0.3) is 0 Å². The first-order chi connectivity index (χ1) is 15.9.